The van der Waals surface area contributed by atoms with E-state index in [1.807, 2.05) is 12.1 Å². The van der Waals surface area contributed by atoms with Crippen LogP contribution in [-0.4, -0.2) is 13.2 Å². The molecule has 0 aliphatic carbocycles. The molecule has 23 heavy (non-hydrogen) atoms. The summed E-state index contributed by atoms with van der Waals surface area (Å²) in [6.07, 6.45) is 2.50. The van der Waals surface area contributed by atoms with Gasteiger partial charge in [-0.05, 0) is 35.2 Å². The minimum Gasteiger partial charge on any atom is -0.498 e. The van der Waals surface area contributed by atoms with E-state index in [9.17, 15) is 0 Å². The van der Waals surface area contributed by atoms with Crippen LogP contribution >= 0.6 is 0 Å². The fourth-order valence-electron chi connectivity index (χ4n) is 2.58. The molecule has 0 radical (unpaired) electrons. The Labute approximate surface area is 139 Å². The van der Waals surface area contributed by atoms with Crippen LogP contribution in [0.1, 0.15) is 37.5 Å². The van der Waals surface area contributed by atoms with Gasteiger partial charge in [-0.1, -0.05) is 63.7 Å². The summed E-state index contributed by atoms with van der Waals surface area (Å²) in [5, 5.41) is 0. The standard InChI is InChI=1S/C21H26O2/c1-5-17-7-9-18(10-8-17)21(3,4)19-11-13-20(14-12-19)23-16-15-22-6-2/h6-14H,2,5,15-16H2,1,3-4H3. The molecular formula is C21H26O2. The lowest BCUT2D eigenvalue weighted by Crippen LogP contribution is -2.18. The molecule has 0 fully saturated rings. The van der Waals surface area contributed by atoms with Crippen molar-refractivity contribution in [3.63, 3.8) is 0 Å². The lowest BCUT2D eigenvalue weighted by atomic mass is 9.78. The molecule has 2 nitrogen and oxygen atoms in total. The van der Waals surface area contributed by atoms with Crippen molar-refractivity contribution in [3.05, 3.63) is 78.1 Å². The topological polar surface area (TPSA) is 18.5 Å². The van der Waals surface area contributed by atoms with E-state index in [2.05, 4.69) is 63.7 Å². The summed E-state index contributed by atoms with van der Waals surface area (Å²) < 4.78 is 10.7. The van der Waals surface area contributed by atoms with Crippen LogP contribution in [0, 0.1) is 0 Å². The van der Waals surface area contributed by atoms with Crippen LogP contribution in [0.2, 0.25) is 0 Å². The Bertz CT molecular complexity index is 609. The molecule has 0 aliphatic rings. The summed E-state index contributed by atoms with van der Waals surface area (Å²) in [7, 11) is 0. The summed E-state index contributed by atoms with van der Waals surface area (Å²) in [4.78, 5) is 0. The van der Waals surface area contributed by atoms with Crippen molar-refractivity contribution in [3.8, 4) is 5.75 Å². The van der Waals surface area contributed by atoms with Crippen molar-refractivity contribution in [1.29, 1.82) is 0 Å². The van der Waals surface area contributed by atoms with E-state index in [1.54, 1.807) is 0 Å². The molecule has 0 N–H and O–H groups in total. The van der Waals surface area contributed by atoms with Crippen LogP contribution < -0.4 is 4.74 Å². The summed E-state index contributed by atoms with van der Waals surface area (Å²) in [5.74, 6) is 0.860. The fraction of sp³-hybridized carbons (Fsp3) is 0.333. The smallest absolute Gasteiger partial charge is 0.122 e. The van der Waals surface area contributed by atoms with Gasteiger partial charge in [0.15, 0.2) is 0 Å². The summed E-state index contributed by atoms with van der Waals surface area (Å²) in [6.45, 7) is 11.2. The zero-order valence-corrected chi connectivity index (χ0v) is 14.3. The van der Waals surface area contributed by atoms with Crippen LogP contribution in [0.3, 0.4) is 0 Å². The van der Waals surface area contributed by atoms with E-state index in [0.717, 1.165) is 12.2 Å². The van der Waals surface area contributed by atoms with E-state index in [0.29, 0.717) is 13.2 Å². The molecule has 122 valence electrons. The first-order valence-corrected chi connectivity index (χ1v) is 8.13. The van der Waals surface area contributed by atoms with Crippen molar-refractivity contribution < 1.29 is 9.47 Å². The fourth-order valence-corrected chi connectivity index (χ4v) is 2.58. The maximum absolute atomic E-state index is 5.64. The predicted molar refractivity (Wildman–Crippen MR) is 96.0 cm³/mol. The quantitative estimate of drug-likeness (QED) is 0.498. The van der Waals surface area contributed by atoms with E-state index in [4.69, 9.17) is 9.47 Å². The average Bonchev–Trinajstić information content (AvgIpc) is 2.59. The minimum absolute atomic E-state index is 0.0310. The number of hydrogen-bond acceptors (Lipinski definition) is 2. The van der Waals surface area contributed by atoms with Crippen LogP contribution in [0.25, 0.3) is 0 Å². The molecule has 0 unspecified atom stereocenters. The molecule has 2 rings (SSSR count). The molecule has 0 heterocycles. The summed E-state index contributed by atoms with van der Waals surface area (Å²) in [5.41, 5.74) is 3.94. The van der Waals surface area contributed by atoms with Gasteiger partial charge < -0.3 is 9.47 Å². The SMILES string of the molecule is C=COCCOc1ccc(C(C)(C)c2ccc(CC)cc2)cc1. The van der Waals surface area contributed by atoms with Gasteiger partial charge in [-0.25, -0.2) is 0 Å². The van der Waals surface area contributed by atoms with Gasteiger partial charge in [-0.2, -0.15) is 0 Å². The number of rotatable bonds is 8. The van der Waals surface area contributed by atoms with E-state index >= 15 is 0 Å². The lowest BCUT2D eigenvalue weighted by molar-refractivity contribution is 0.179. The van der Waals surface area contributed by atoms with E-state index in [1.165, 1.54) is 23.0 Å². The second-order valence-corrected chi connectivity index (χ2v) is 6.09. The first-order chi connectivity index (χ1) is 11.1. The van der Waals surface area contributed by atoms with Gasteiger partial charge >= 0.3 is 0 Å². The number of benzene rings is 2. The highest BCUT2D eigenvalue weighted by Gasteiger charge is 2.22. The molecule has 2 aromatic rings. The zero-order valence-electron chi connectivity index (χ0n) is 14.3. The summed E-state index contributed by atoms with van der Waals surface area (Å²) in [6, 6.07) is 17.2. The largest absolute Gasteiger partial charge is 0.498 e. The molecule has 0 aromatic heterocycles. The van der Waals surface area contributed by atoms with Gasteiger partial charge in [0.1, 0.15) is 19.0 Å². The Morgan fingerprint density at radius 2 is 1.48 bits per heavy atom. The lowest BCUT2D eigenvalue weighted by Gasteiger charge is -2.26. The average molecular weight is 310 g/mol. The highest BCUT2D eigenvalue weighted by atomic mass is 16.5. The molecule has 0 spiro atoms. The third-order valence-corrected chi connectivity index (χ3v) is 4.25. The number of ether oxygens (including phenoxy) is 2. The molecule has 0 bridgehead atoms. The third kappa shape index (κ3) is 4.38. The van der Waals surface area contributed by atoms with Crippen LogP contribution in [0.4, 0.5) is 0 Å². The molecular weight excluding hydrogens is 284 g/mol. The molecule has 2 heteroatoms. The molecule has 0 saturated heterocycles. The summed E-state index contributed by atoms with van der Waals surface area (Å²) >= 11 is 0. The highest BCUT2D eigenvalue weighted by Crippen LogP contribution is 2.32. The molecule has 0 aliphatic heterocycles. The van der Waals surface area contributed by atoms with Crippen LogP contribution in [-0.2, 0) is 16.6 Å². The minimum atomic E-state index is -0.0310. The zero-order chi connectivity index (χ0) is 16.7. The molecule has 0 saturated carbocycles. The van der Waals surface area contributed by atoms with E-state index < -0.39 is 0 Å². The molecule has 0 atom stereocenters. The van der Waals surface area contributed by atoms with Gasteiger partial charge in [0.05, 0.1) is 6.26 Å². The monoisotopic (exact) mass is 310 g/mol. The van der Waals surface area contributed by atoms with Crippen molar-refractivity contribution in [2.24, 2.45) is 0 Å². The molecule has 0 amide bonds. The second kappa shape index (κ2) is 7.87. The first kappa shape index (κ1) is 17.1. The normalized spacial score (nSPS) is 11.1. The molecule has 2 aromatic carbocycles. The van der Waals surface area contributed by atoms with Gasteiger partial charge in [0.25, 0.3) is 0 Å². The number of aryl methyl sites for hydroxylation is 1. The van der Waals surface area contributed by atoms with Gasteiger partial charge in [-0.15, -0.1) is 0 Å². The Morgan fingerprint density at radius 3 is 2.00 bits per heavy atom. The Morgan fingerprint density at radius 1 is 0.913 bits per heavy atom. The highest BCUT2D eigenvalue weighted by molar-refractivity contribution is 5.40. The first-order valence-electron chi connectivity index (χ1n) is 8.13. The van der Waals surface area contributed by atoms with Gasteiger partial charge in [0.2, 0.25) is 0 Å². The maximum Gasteiger partial charge on any atom is 0.122 e. The van der Waals surface area contributed by atoms with Gasteiger partial charge in [-0.3, -0.25) is 0 Å². The van der Waals surface area contributed by atoms with Crippen LogP contribution in [0.5, 0.6) is 5.75 Å². The van der Waals surface area contributed by atoms with E-state index in [-0.39, 0.29) is 5.41 Å². The maximum atomic E-state index is 5.64. The van der Waals surface area contributed by atoms with Crippen molar-refractivity contribution in [1.82, 2.24) is 0 Å². The Hall–Kier alpha value is -2.22. The second-order valence-electron chi connectivity index (χ2n) is 6.09. The number of hydrogen-bond donors (Lipinski definition) is 0. The van der Waals surface area contributed by atoms with Crippen molar-refractivity contribution in [2.45, 2.75) is 32.6 Å². The third-order valence-electron chi connectivity index (χ3n) is 4.25. The Kier molecular flexibility index (Phi) is 5.86. The van der Waals surface area contributed by atoms with Gasteiger partial charge in [0, 0.05) is 5.41 Å². The van der Waals surface area contributed by atoms with Crippen molar-refractivity contribution >= 4 is 0 Å². The van der Waals surface area contributed by atoms with Crippen molar-refractivity contribution in [2.75, 3.05) is 13.2 Å². The predicted octanol–water partition coefficient (Wildman–Crippen LogP) is 5.11. The Balaban J connectivity index is 2.08. The van der Waals surface area contributed by atoms with Crippen LogP contribution in [0.15, 0.2) is 61.4 Å².